The number of hydrogen-bond donors (Lipinski definition) is 1. The Labute approximate surface area is 105 Å². The van der Waals surface area contributed by atoms with E-state index in [1.165, 1.54) is 25.7 Å². The monoisotopic (exact) mass is 243 g/mol. The molecule has 0 saturated carbocycles. The lowest BCUT2D eigenvalue weighted by atomic mass is 10.0. The number of hydrogen-bond acceptors (Lipinski definition) is 3. The minimum absolute atomic E-state index is 0.111. The van der Waals surface area contributed by atoms with Gasteiger partial charge in [-0.3, -0.25) is 0 Å². The van der Waals surface area contributed by atoms with Gasteiger partial charge in [0.25, 0.3) is 0 Å². The van der Waals surface area contributed by atoms with E-state index in [4.69, 9.17) is 0 Å². The molecule has 0 aliphatic carbocycles. The predicted molar refractivity (Wildman–Crippen MR) is 67.5 cm³/mol. The first-order valence-electron chi connectivity index (χ1n) is 7.04. The third kappa shape index (κ3) is 13.4. The summed E-state index contributed by atoms with van der Waals surface area (Å²) in [7, 11) is 0. The topological polar surface area (TPSA) is 60.4 Å². The smallest absolute Gasteiger partial charge is 0.0537 e. The fourth-order valence-corrected chi connectivity index (χ4v) is 1.91. The molecule has 0 amide bonds. The Bertz CT molecular complexity index is 180. The van der Waals surface area contributed by atoms with Crippen LogP contribution in [0.3, 0.4) is 0 Å². The van der Waals surface area contributed by atoms with Crippen LogP contribution in [-0.2, 0) is 4.79 Å². The van der Waals surface area contributed by atoms with Crippen molar-refractivity contribution in [2.24, 2.45) is 0 Å². The van der Waals surface area contributed by atoms with Crippen molar-refractivity contribution in [3.63, 3.8) is 0 Å². The molecule has 0 saturated heterocycles. The molecule has 0 aliphatic rings. The number of unbranched alkanes of at least 4 members (excludes halogenated alkanes) is 7. The molecule has 0 spiro atoms. The van der Waals surface area contributed by atoms with Crippen molar-refractivity contribution in [3.05, 3.63) is 0 Å². The first-order valence-corrected chi connectivity index (χ1v) is 7.04. The summed E-state index contributed by atoms with van der Waals surface area (Å²) < 4.78 is 0. The molecular formula is C14H27O3-. The zero-order chi connectivity index (χ0) is 12.9. The molecule has 0 aliphatic heterocycles. The first kappa shape index (κ1) is 16.4. The highest BCUT2D eigenvalue weighted by Gasteiger charge is 1.99. The highest BCUT2D eigenvalue weighted by molar-refractivity contribution is 5.63. The van der Waals surface area contributed by atoms with E-state index in [1.807, 2.05) is 6.92 Å². The van der Waals surface area contributed by atoms with Crippen molar-refractivity contribution in [3.8, 4) is 0 Å². The van der Waals surface area contributed by atoms with Crippen LogP contribution >= 0.6 is 0 Å². The summed E-state index contributed by atoms with van der Waals surface area (Å²) in [5.41, 5.74) is 0. The number of carboxylic acid groups (broad SMARTS) is 1. The summed E-state index contributed by atoms with van der Waals surface area (Å²) in [6, 6.07) is 0. The molecule has 1 unspecified atom stereocenters. The minimum Gasteiger partial charge on any atom is -0.550 e. The van der Waals surface area contributed by atoms with Crippen molar-refractivity contribution < 1.29 is 15.0 Å². The van der Waals surface area contributed by atoms with E-state index < -0.39 is 5.97 Å². The molecule has 102 valence electrons. The predicted octanol–water partition coefficient (Wildman–Crippen LogP) is 2.41. The molecule has 17 heavy (non-hydrogen) atoms. The number of aliphatic hydroxyl groups excluding tert-OH is 1. The molecular weight excluding hydrogens is 216 g/mol. The fourth-order valence-electron chi connectivity index (χ4n) is 1.91. The van der Waals surface area contributed by atoms with E-state index in [0.717, 1.165) is 38.5 Å². The third-order valence-corrected chi connectivity index (χ3v) is 3.14. The van der Waals surface area contributed by atoms with E-state index in [1.54, 1.807) is 0 Å². The second kappa shape index (κ2) is 11.9. The summed E-state index contributed by atoms with van der Waals surface area (Å²) in [4.78, 5) is 10.2. The van der Waals surface area contributed by atoms with Crippen LogP contribution in [0.2, 0.25) is 0 Å². The second-order valence-corrected chi connectivity index (χ2v) is 4.80. The van der Waals surface area contributed by atoms with Gasteiger partial charge in [-0.15, -0.1) is 0 Å². The van der Waals surface area contributed by atoms with Gasteiger partial charge in [0.1, 0.15) is 0 Å². The molecule has 0 aromatic heterocycles. The summed E-state index contributed by atoms with van der Waals surface area (Å²) >= 11 is 0. The Kier molecular flexibility index (Phi) is 11.5. The molecule has 0 aromatic rings. The molecule has 0 fully saturated rings. The lowest BCUT2D eigenvalue weighted by Gasteiger charge is -2.06. The highest BCUT2D eigenvalue weighted by atomic mass is 16.4. The van der Waals surface area contributed by atoms with Gasteiger partial charge in [-0.2, -0.15) is 0 Å². The van der Waals surface area contributed by atoms with Crippen molar-refractivity contribution in [1.29, 1.82) is 0 Å². The molecule has 3 nitrogen and oxygen atoms in total. The Balaban J connectivity index is 3.01. The lowest BCUT2D eigenvalue weighted by Crippen LogP contribution is -2.21. The largest absolute Gasteiger partial charge is 0.550 e. The summed E-state index contributed by atoms with van der Waals surface area (Å²) in [5.74, 6) is -0.931. The molecule has 0 aromatic carbocycles. The van der Waals surface area contributed by atoms with Gasteiger partial charge in [0.2, 0.25) is 0 Å². The summed E-state index contributed by atoms with van der Waals surface area (Å²) in [6.45, 7) is 2.01. The summed E-state index contributed by atoms with van der Waals surface area (Å²) in [5, 5.41) is 19.5. The van der Waals surface area contributed by atoms with Gasteiger partial charge in [0.15, 0.2) is 0 Å². The van der Waals surface area contributed by atoms with Gasteiger partial charge in [0.05, 0.1) is 6.10 Å². The Hall–Kier alpha value is -0.570. The SMILES string of the molecule is CCC(O)CCCCCCCCCCC(=O)[O-]. The average molecular weight is 243 g/mol. The number of carbonyl (C=O) groups excluding carboxylic acids is 1. The molecule has 0 rings (SSSR count). The van der Waals surface area contributed by atoms with Crippen molar-refractivity contribution >= 4 is 5.97 Å². The van der Waals surface area contributed by atoms with Gasteiger partial charge in [0, 0.05) is 5.97 Å². The number of aliphatic hydroxyl groups is 1. The first-order chi connectivity index (χ1) is 8.16. The fraction of sp³-hybridized carbons (Fsp3) is 0.929. The van der Waals surface area contributed by atoms with E-state index in [-0.39, 0.29) is 12.5 Å². The van der Waals surface area contributed by atoms with Gasteiger partial charge >= 0.3 is 0 Å². The Morgan fingerprint density at radius 3 is 1.94 bits per heavy atom. The van der Waals surface area contributed by atoms with Crippen LogP contribution in [0.25, 0.3) is 0 Å². The van der Waals surface area contributed by atoms with Crippen molar-refractivity contribution in [2.45, 2.75) is 83.7 Å². The molecule has 0 bridgehead atoms. The molecule has 1 N–H and O–H groups in total. The van der Waals surface area contributed by atoms with Crippen LogP contribution in [0.5, 0.6) is 0 Å². The maximum Gasteiger partial charge on any atom is 0.0537 e. The second-order valence-electron chi connectivity index (χ2n) is 4.80. The van der Waals surface area contributed by atoms with E-state index in [9.17, 15) is 15.0 Å². The Morgan fingerprint density at radius 1 is 1.00 bits per heavy atom. The van der Waals surface area contributed by atoms with E-state index >= 15 is 0 Å². The number of carbonyl (C=O) groups is 1. The van der Waals surface area contributed by atoms with E-state index in [2.05, 4.69) is 0 Å². The van der Waals surface area contributed by atoms with Gasteiger partial charge in [-0.05, 0) is 25.7 Å². The van der Waals surface area contributed by atoms with Crippen LogP contribution in [0.4, 0.5) is 0 Å². The number of carboxylic acids is 1. The number of rotatable bonds is 12. The van der Waals surface area contributed by atoms with Gasteiger partial charge < -0.3 is 15.0 Å². The van der Waals surface area contributed by atoms with Gasteiger partial charge in [-0.1, -0.05) is 51.9 Å². The number of aliphatic carboxylic acids is 1. The van der Waals surface area contributed by atoms with Crippen LogP contribution in [0.1, 0.15) is 77.6 Å². The average Bonchev–Trinajstić information content (AvgIpc) is 2.30. The normalized spacial score (nSPS) is 12.6. The van der Waals surface area contributed by atoms with Crippen LogP contribution < -0.4 is 5.11 Å². The van der Waals surface area contributed by atoms with Crippen LogP contribution in [0, 0.1) is 0 Å². The lowest BCUT2D eigenvalue weighted by molar-refractivity contribution is -0.305. The zero-order valence-electron chi connectivity index (χ0n) is 11.1. The molecule has 3 heteroatoms. The van der Waals surface area contributed by atoms with Crippen LogP contribution in [-0.4, -0.2) is 17.2 Å². The zero-order valence-corrected chi connectivity index (χ0v) is 11.1. The Morgan fingerprint density at radius 2 is 1.47 bits per heavy atom. The van der Waals surface area contributed by atoms with Crippen molar-refractivity contribution in [2.75, 3.05) is 0 Å². The van der Waals surface area contributed by atoms with Crippen molar-refractivity contribution in [1.82, 2.24) is 0 Å². The van der Waals surface area contributed by atoms with Gasteiger partial charge in [-0.25, -0.2) is 0 Å². The standard InChI is InChI=1S/C14H28O3/c1-2-13(15)11-9-7-5-3-4-6-8-10-12-14(16)17/h13,15H,2-12H2,1H3,(H,16,17)/p-1. The third-order valence-electron chi connectivity index (χ3n) is 3.14. The van der Waals surface area contributed by atoms with E-state index in [0.29, 0.717) is 0 Å². The maximum absolute atomic E-state index is 10.2. The molecule has 0 heterocycles. The maximum atomic E-state index is 10.2. The quantitative estimate of drug-likeness (QED) is 0.535. The van der Waals surface area contributed by atoms with Crippen LogP contribution in [0.15, 0.2) is 0 Å². The molecule has 0 radical (unpaired) electrons. The minimum atomic E-state index is -0.931. The highest BCUT2D eigenvalue weighted by Crippen LogP contribution is 2.11. The summed E-state index contributed by atoms with van der Waals surface area (Å²) in [6.07, 6.45) is 10.8. The molecule has 1 atom stereocenters.